The number of carbonyl (C=O) groups excluding carboxylic acids is 2. The number of hydrogen-bond donors (Lipinski definition) is 1. The van der Waals surface area contributed by atoms with Crippen molar-refractivity contribution in [3.8, 4) is 11.5 Å². The summed E-state index contributed by atoms with van der Waals surface area (Å²) >= 11 is 6.26. The van der Waals surface area contributed by atoms with Crippen LogP contribution >= 0.6 is 11.6 Å². The molecule has 3 aliphatic rings. The van der Waals surface area contributed by atoms with E-state index in [0.29, 0.717) is 35.0 Å². The molecule has 3 aromatic rings. The van der Waals surface area contributed by atoms with Gasteiger partial charge in [-0.15, -0.1) is 0 Å². The number of hydrogen-bond acceptors (Lipinski definition) is 7. The molecule has 1 unspecified atom stereocenters. The van der Waals surface area contributed by atoms with Gasteiger partial charge in [0, 0.05) is 44.8 Å². The van der Waals surface area contributed by atoms with Gasteiger partial charge in [0.2, 0.25) is 11.8 Å². The molecule has 1 aliphatic carbocycles. The summed E-state index contributed by atoms with van der Waals surface area (Å²) in [4.78, 5) is 39.1. The molecule has 47 heavy (non-hydrogen) atoms. The Kier molecular flexibility index (Phi) is 9.94. The lowest BCUT2D eigenvalue weighted by atomic mass is 9.84. The van der Waals surface area contributed by atoms with Gasteiger partial charge in [0.05, 0.1) is 37.0 Å². The number of anilines is 2. The van der Waals surface area contributed by atoms with Gasteiger partial charge in [0.1, 0.15) is 5.82 Å². The molecule has 6 rings (SSSR count). The van der Waals surface area contributed by atoms with Crippen molar-refractivity contribution < 1.29 is 19.4 Å². The van der Waals surface area contributed by atoms with Crippen LogP contribution in [0.1, 0.15) is 68.7 Å². The third-order valence-corrected chi connectivity index (χ3v) is 10.5. The smallest absolute Gasteiger partial charge is 0.236 e. The molecule has 250 valence electrons. The van der Waals surface area contributed by atoms with Gasteiger partial charge < -0.3 is 19.6 Å². The first-order valence-corrected chi connectivity index (χ1v) is 17.2. The number of ether oxygens (including phenoxy) is 1. The second-order valence-electron chi connectivity index (χ2n) is 13.5. The maximum atomic E-state index is 13.8. The third-order valence-electron chi connectivity index (χ3n) is 10.2. The molecule has 2 amide bonds. The molecule has 1 N–H and O–H groups in total. The van der Waals surface area contributed by atoms with Gasteiger partial charge in [-0.05, 0) is 98.0 Å². The van der Waals surface area contributed by atoms with Crippen LogP contribution in [0.5, 0.6) is 11.5 Å². The SMILES string of the molecule is CCC(C)Oc1cc2c(cc1O)CC(=O)N(c1ccc(N(C)CC3CCC(N4CCN(C)C(=O)C4)CC3)nc1)[C@H]2c1ccc(Cl)cc1. The minimum atomic E-state index is -0.445. The van der Waals surface area contributed by atoms with Crippen molar-refractivity contribution >= 4 is 34.9 Å². The Labute approximate surface area is 283 Å². The highest BCUT2D eigenvalue weighted by atomic mass is 35.5. The summed E-state index contributed by atoms with van der Waals surface area (Å²) in [5, 5.41) is 11.4. The van der Waals surface area contributed by atoms with Crippen LogP contribution < -0.4 is 14.5 Å². The highest BCUT2D eigenvalue weighted by Gasteiger charge is 2.36. The number of amides is 2. The number of phenols is 1. The lowest BCUT2D eigenvalue weighted by Crippen LogP contribution is -2.53. The molecule has 9 nitrogen and oxygen atoms in total. The first kappa shape index (κ1) is 33.1. The Morgan fingerprint density at radius 1 is 1.04 bits per heavy atom. The molecular weight excluding hydrogens is 614 g/mol. The monoisotopic (exact) mass is 659 g/mol. The van der Waals surface area contributed by atoms with Gasteiger partial charge in [-0.2, -0.15) is 0 Å². The molecular formula is C37H46ClN5O4. The number of phenolic OH excluding ortho intramolecular Hbond substituents is 1. The second-order valence-corrected chi connectivity index (χ2v) is 13.9. The topological polar surface area (TPSA) is 89.5 Å². The highest BCUT2D eigenvalue weighted by Crippen LogP contribution is 2.43. The zero-order chi connectivity index (χ0) is 33.2. The number of halogens is 1. The largest absolute Gasteiger partial charge is 0.504 e. The maximum absolute atomic E-state index is 13.8. The predicted octanol–water partition coefficient (Wildman–Crippen LogP) is 6.07. The molecule has 1 saturated heterocycles. The lowest BCUT2D eigenvalue weighted by molar-refractivity contribution is -0.135. The minimum absolute atomic E-state index is 0.0390. The molecule has 3 heterocycles. The number of nitrogens with zero attached hydrogens (tertiary/aromatic N) is 5. The molecule has 2 aromatic carbocycles. The van der Waals surface area contributed by atoms with Gasteiger partial charge >= 0.3 is 0 Å². The van der Waals surface area contributed by atoms with Gasteiger partial charge in [-0.25, -0.2) is 4.98 Å². The Morgan fingerprint density at radius 2 is 1.79 bits per heavy atom. The average Bonchev–Trinajstić information content (AvgIpc) is 3.07. The highest BCUT2D eigenvalue weighted by molar-refractivity contribution is 6.30. The Balaban J connectivity index is 1.19. The summed E-state index contributed by atoms with van der Waals surface area (Å²) < 4.78 is 6.07. The number of benzene rings is 2. The zero-order valence-electron chi connectivity index (χ0n) is 27.9. The Bertz CT molecular complexity index is 1570. The van der Waals surface area contributed by atoms with E-state index in [0.717, 1.165) is 74.2 Å². The number of carbonyl (C=O) groups is 2. The lowest BCUT2D eigenvalue weighted by Gasteiger charge is -2.41. The maximum Gasteiger partial charge on any atom is 0.236 e. The van der Waals surface area contributed by atoms with Gasteiger partial charge in [0.25, 0.3) is 0 Å². The summed E-state index contributed by atoms with van der Waals surface area (Å²) in [5.41, 5.74) is 3.29. The molecule has 2 fully saturated rings. The quantitative estimate of drug-likeness (QED) is 0.299. The summed E-state index contributed by atoms with van der Waals surface area (Å²) in [7, 11) is 3.97. The summed E-state index contributed by atoms with van der Waals surface area (Å²) in [6.45, 7) is 7.24. The van der Waals surface area contributed by atoms with Gasteiger partial charge in [0.15, 0.2) is 11.5 Å². The van der Waals surface area contributed by atoms with Crippen molar-refractivity contribution in [1.82, 2.24) is 14.8 Å². The van der Waals surface area contributed by atoms with E-state index in [-0.39, 0.29) is 30.1 Å². The predicted molar refractivity (Wildman–Crippen MR) is 185 cm³/mol. The number of fused-ring (bicyclic) bond motifs is 1. The van der Waals surface area contributed by atoms with E-state index in [9.17, 15) is 14.7 Å². The third kappa shape index (κ3) is 7.21. The van der Waals surface area contributed by atoms with Crippen molar-refractivity contribution in [2.45, 2.75) is 70.6 Å². The average molecular weight is 660 g/mol. The molecule has 0 bridgehead atoms. The van der Waals surface area contributed by atoms with E-state index >= 15 is 0 Å². The molecule has 10 heteroatoms. The van der Waals surface area contributed by atoms with Crippen LogP contribution in [0.2, 0.25) is 5.02 Å². The van der Waals surface area contributed by atoms with E-state index in [1.807, 2.05) is 68.3 Å². The number of aromatic hydroxyl groups is 1. The van der Waals surface area contributed by atoms with Crippen LogP contribution in [0.15, 0.2) is 54.7 Å². The Hall–Kier alpha value is -3.82. The van der Waals surface area contributed by atoms with Crippen LogP contribution in [0, 0.1) is 5.92 Å². The fourth-order valence-corrected chi connectivity index (χ4v) is 7.36. The van der Waals surface area contributed by atoms with Crippen molar-refractivity contribution in [3.05, 3.63) is 76.4 Å². The molecule has 1 aromatic heterocycles. The van der Waals surface area contributed by atoms with E-state index < -0.39 is 6.04 Å². The van der Waals surface area contributed by atoms with Crippen molar-refractivity contribution in [1.29, 1.82) is 0 Å². The fraction of sp³-hybridized carbons (Fsp3) is 0.486. The second kappa shape index (κ2) is 14.1. The van der Waals surface area contributed by atoms with Crippen LogP contribution in [0.25, 0.3) is 0 Å². The number of piperazine rings is 1. The number of likely N-dealkylation sites (N-methyl/N-ethyl adjacent to an activating group) is 1. The molecule has 0 radical (unpaired) electrons. The standard InChI is InChI=1S/C37H46ClN5O4/c1-5-24(2)47-33-20-31-27(18-32(33)44)19-35(45)43(37(31)26-8-10-28(38)11-9-26)30-14-15-34(39-21-30)41(4)22-25-6-12-29(13-7-25)42-17-16-40(3)36(46)23-42/h8-11,14-15,18,20-21,24-25,29,37,44H,5-7,12-13,16-17,19,22-23H2,1-4H3/t24?,25?,29?,37-/m0/s1. The van der Waals surface area contributed by atoms with Crippen LogP contribution in [-0.4, -0.2) is 84.1 Å². The van der Waals surface area contributed by atoms with Crippen LogP contribution in [0.4, 0.5) is 11.5 Å². The first-order chi connectivity index (χ1) is 22.6. The van der Waals surface area contributed by atoms with E-state index in [1.54, 1.807) is 17.2 Å². The molecule has 2 atom stereocenters. The number of rotatable bonds is 9. The van der Waals surface area contributed by atoms with Crippen molar-refractivity contribution in [3.63, 3.8) is 0 Å². The number of aromatic nitrogens is 1. The molecule has 0 spiro atoms. The first-order valence-electron chi connectivity index (χ1n) is 16.9. The normalized spacial score (nSPS) is 22.6. The van der Waals surface area contributed by atoms with Crippen molar-refractivity contribution in [2.75, 3.05) is 50.1 Å². The van der Waals surface area contributed by atoms with Crippen LogP contribution in [0.3, 0.4) is 0 Å². The van der Waals surface area contributed by atoms with E-state index in [1.165, 1.54) is 0 Å². The van der Waals surface area contributed by atoms with Crippen LogP contribution in [-0.2, 0) is 16.0 Å². The van der Waals surface area contributed by atoms with Gasteiger partial charge in [-0.3, -0.25) is 19.4 Å². The Morgan fingerprint density at radius 3 is 2.45 bits per heavy atom. The summed E-state index contributed by atoms with van der Waals surface area (Å²) in [5.74, 6) is 2.03. The molecule has 1 saturated carbocycles. The fourth-order valence-electron chi connectivity index (χ4n) is 7.24. The summed E-state index contributed by atoms with van der Waals surface area (Å²) in [6, 6.07) is 15.1. The molecule has 2 aliphatic heterocycles. The number of pyridine rings is 1. The van der Waals surface area contributed by atoms with Gasteiger partial charge in [-0.1, -0.05) is 30.7 Å². The van der Waals surface area contributed by atoms with E-state index in [4.69, 9.17) is 21.3 Å². The summed E-state index contributed by atoms with van der Waals surface area (Å²) in [6.07, 6.45) is 7.18. The minimum Gasteiger partial charge on any atom is -0.504 e. The zero-order valence-corrected chi connectivity index (χ0v) is 28.6. The van der Waals surface area contributed by atoms with E-state index in [2.05, 4.69) is 16.8 Å². The van der Waals surface area contributed by atoms with Crippen molar-refractivity contribution in [2.24, 2.45) is 5.92 Å².